The summed E-state index contributed by atoms with van der Waals surface area (Å²) in [5.41, 5.74) is 8.11. The molecule has 1 atom stereocenters. The molecule has 78 valence electrons. The van der Waals surface area contributed by atoms with Crippen LogP contribution >= 0.6 is 0 Å². The second-order valence-electron chi connectivity index (χ2n) is 3.65. The summed E-state index contributed by atoms with van der Waals surface area (Å²) in [4.78, 5) is 11.2. The smallest absolute Gasteiger partial charge is 0.234 e. The molecule has 4 nitrogen and oxygen atoms in total. The quantitative estimate of drug-likeness (QED) is 0.590. The maximum atomic E-state index is 11.2. The molecule has 1 unspecified atom stereocenters. The average Bonchev–Trinajstić information content (AvgIpc) is 2.00. The van der Waals surface area contributed by atoms with E-state index in [0.29, 0.717) is 18.9 Å². The molecule has 0 aliphatic rings. The number of nitrogens with two attached hydrogens (primary N) is 1. The van der Waals surface area contributed by atoms with Crippen LogP contribution in [-0.4, -0.2) is 31.6 Å². The Morgan fingerprint density at radius 1 is 1.46 bits per heavy atom. The van der Waals surface area contributed by atoms with Crippen molar-refractivity contribution in [3.8, 4) is 0 Å². The molecular formula is C9H21N3O. The summed E-state index contributed by atoms with van der Waals surface area (Å²) >= 11 is 0. The van der Waals surface area contributed by atoms with Crippen LogP contribution in [0.4, 0.5) is 0 Å². The normalized spacial score (nSPS) is 13.0. The van der Waals surface area contributed by atoms with E-state index in [1.807, 2.05) is 0 Å². The Balaban J connectivity index is 3.46. The van der Waals surface area contributed by atoms with Gasteiger partial charge in [-0.2, -0.15) is 0 Å². The van der Waals surface area contributed by atoms with E-state index in [-0.39, 0.29) is 5.91 Å². The molecule has 0 aliphatic carbocycles. The van der Waals surface area contributed by atoms with Crippen LogP contribution in [0.1, 0.15) is 26.2 Å². The minimum Gasteiger partial charge on any atom is -0.330 e. The first-order valence-corrected chi connectivity index (χ1v) is 4.73. The number of carbonyl (C=O) groups excluding carboxylic acids is 1. The van der Waals surface area contributed by atoms with Crippen LogP contribution in [0, 0.1) is 5.92 Å². The Morgan fingerprint density at radius 2 is 2.08 bits per heavy atom. The summed E-state index contributed by atoms with van der Waals surface area (Å²) in [5, 5.41) is 1.66. The number of hydrazine groups is 1. The van der Waals surface area contributed by atoms with Crippen LogP contribution in [0.3, 0.4) is 0 Å². The van der Waals surface area contributed by atoms with Crippen LogP contribution in [0.2, 0.25) is 0 Å². The Morgan fingerprint density at radius 3 is 2.54 bits per heavy atom. The zero-order chi connectivity index (χ0) is 10.3. The van der Waals surface area contributed by atoms with E-state index in [4.69, 9.17) is 5.73 Å². The average molecular weight is 187 g/mol. The molecule has 0 rings (SSSR count). The summed E-state index contributed by atoms with van der Waals surface area (Å²) in [6, 6.07) is 0. The van der Waals surface area contributed by atoms with Gasteiger partial charge in [0.25, 0.3) is 0 Å². The zero-order valence-electron chi connectivity index (χ0n) is 8.84. The second kappa shape index (κ2) is 6.86. The van der Waals surface area contributed by atoms with Crippen molar-refractivity contribution < 1.29 is 4.79 Å². The highest BCUT2D eigenvalue weighted by Crippen LogP contribution is 2.08. The molecule has 0 saturated carbocycles. The summed E-state index contributed by atoms with van der Waals surface area (Å²) in [7, 11) is 3.61. The molecule has 0 aromatic heterocycles. The van der Waals surface area contributed by atoms with Crippen molar-refractivity contribution in [3.63, 3.8) is 0 Å². The molecule has 0 saturated heterocycles. The largest absolute Gasteiger partial charge is 0.330 e. The van der Waals surface area contributed by atoms with Crippen molar-refractivity contribution >= 4 is 5.91 Å². The van der Waals surface area contributed by atoms with Crippen LogP contribution in [-0.2, 0) is 4.79 Å². The highest BCUT2D eigenvalue weighted by atomic mass is 16.2. The Kier molecular flexibility index (Phi) is 6.54. The minimum atomic E-state index is 0.0777. The van der Waals surface area contributed by atoms with Gasteiger partial charge in [-0.15, -0.1) is 0 Å². The minimum absolute atomic E-state index is 0.0777. The Labute approximate surface area is 80.4 Å². The molecule has 1 amide bonds. The standard InChI is InChI=1S/C9H21N3O/c1-8(6-7-10)4-5-9(13)11-12(2)3/h8H,4-7,10H2,1-3H3,(H,11,13). The summed E-state index contributed by atoms with van der Waals surface area (Å²) in [5.74, 6) is 0.617. The van der Waals surface area contributed by atoms with Gasteiger partial charge >= 0.3 is 0 Å². The van der Waals surface area contributed by atoms with Gasteiger partial charge in [0, 0.05) is 20.5 Å². The van der Waals surface area contributed by atoms with E-state index in [1.54, 1.807) is 19.1 Å². The third-order valence-corrected chi connectivity index (χ3v) is 1.87. The molecule has 0 spiro atoms. The van der Waals surface area contributed by atoms with Crippen molar-refractivity contribution in [1.29, 1.82) is 0 Å². The molecule has 13 heavy (non-hydrogen) atoms. The van der Waals surface area contributed by atoms with Crippen molar-refractivity contribution in [1.82, 2.24) is 10.4 Å². The van der Waals surface area contributed by atoms with E-state index >= 15 is 0 Å². The van der Waals surface area contributed by atoms with E-state index in [2.05, 4.69) is 12.3 Å². The lowest BCUT2D eigenvalue weighted by molar-refractivity contribution is -0.125. The van der Waals surface area contributed by atoms with Crippen LogP contribution < -0.4 is 11.2 Å². The predicted octanol–water partition coefficient (Wildman–Crippen LogP) is 0.344. The third-order valence-electron chi connectivity index (χ3n) is 1.87. The number of hydrogen-bond acceptors (Lipinski definition) is 3. The van der Waals surface area contributed by atoms with Gasteiger partial charge in [-0.25, -0.2) is 5.01 Å². The van der Waals surface area contributed by atoms with Gasteiger partial charge in [0.15, 0.2) is 0 Å². The van der Waals surface area contributed by atoms with Crippen molar-refractivity contribution in [2.24, 2.45) is 11.7 Å². The summed E-state index contributed by atoms with van der Waals surface area (Å²) in [6.45, 7) is 2.83. The number of hydrogen-bond donors (Lipinski definition) is 2. The zero-order valence-corrected chi connectivity index (χ0v) is 8.84. The molecule has 4 heteroatoms. The van der Waals surface area contributed by atoms with Gasteiger partial charge in [-0.3, -0.25) is 10.2 Å². The molecule has 0 radical (unpaired) electrons. The molecule has 0 aromatic rings. The van der Waals surface area contributed by atoms with Gasteiger partial charge in [0.1, 0.15) is 0 Å². The molecular weight excluding hydrogens is 166 g/mol. The lowest BCUT2D eigenvalue weighted by Gasteiger charge is -2.13. The molecule has 0 fully saturated rings. The molecule has 3 N–H and O–H groups in total. The monoisotopic (exact) mass is 187 g/mol. The first-order chi connectivity index (χ1) is 6.06. The van der Waals surface area contributed by atoms with Gasteiger partial charge in [0.05, 0.1) is 0 Å². The first-order valence-electron chi connectivity index (χ1n) is 4.73. The predicted molar refractivity (Wildman–Crippen MR) is 53.9 cm³/mol. The number of nitrogens with zero attached hydrogens (tertiary/aromatic N) is 1. The fourth-order valence-corrected chi connectivity index (χ4v) is 1.11. The first kappa shape index (κ1) is 12.4. The second-order valence-corrected chi connectivity index (χ2v) is 3.65. The van der Waals surface area contributed by atoms with E-state index in [0.717, 1.165) is 12.8 Å². The number of rotatable bonds is 6. The highest BCUT2D eigenvalue weighted by Gasteiger charge is 2.05. The van der Waals surface area contributed by atoms with Crippen LogP contribution in [0.5, 0.6) is 0 Å². The maximum absolute atomic E-state index is 11.2. The molecule has 0 aromatic carbocycles. The number of nitrogens with one attached hydrogen (secondary N) is 1. The molecule has 0 aliphatic heterocycles. The van der Waals surface area contributed by atoms with E-state index < -0.39 is 0 Å². The van der Waals surface area contributed by atoms with Gasteiger partial charge < -0.3 is 5.73 Å². The topological polar surface area (TPSA) is 58.4 Å². The summed E-state index contributed by atoms with van der Waals surface area (Å²) in [6.07, 6.45) is 2.49. The van der Waals surface area contributed by atoms with Crippen molar-refractivity contribution in [2.75, 3.05) is 20.6 Å². The number of carbonyl (C=O) groups is 1. The van der Waals surface area contributed by atoms with Gasteiger partial charge in [-0.05, 0) is 25.3 Å². The highest BCUT2D eigenvalue weighted by molar-refractivity contribution is 5.75. The van der Waals surface area contributed by atoms with Crippen LogP contribution in [0.15, 0.2) is 0 Å². The Bertz CT molecular complexity index is 148. The van der Waals surface area contributed by atoms with E-state index in [1.165, 1.54) is 0 Å². The lowest BCUT2D eigenvalue weighted by Crippen LogP contribution is -2.36. The Hall–Kier alpha value is -0.610. The van der Waals surface area contributed by atoms with Crippen molar-refractivity contribution in [3.05, 3.63) is 0 Å². The van der Waals surface area contributed by atoms with Gasteiger partial charge in [0.2, 0.25) is 5.91 Å². The lowest BCUT2D eigenvalue weighted by atomic mass is 10.0. The fraction of sp³-hybridized carbons (Fsp3) is 0.889. The molecule has 0 bridgehead atoms. The fourth-order valence-electron chi connectivity index (χ4n) is 1.11. The third kappa shape index (κ3) is 7.74. The van der Waals surface area contributed by atoms with Crippen molar-refractivity contribution in [2.45, 2.75) is 26.2 Å². The molecule has 0 heterocycles. The van der Waals surface area contributed by atoms with Gasteiger partial charge in [-0.1, -0.05) is 6.92 Å². The van der Waals surface area contributed by atoms with E-state index in [9.17, 15) is 4.79 Å². The number of amides is 1. The maximum Gasteiger partial charge on any atom is 0.234 e. The SMILES string of the molecule is CC(CCN)CCC(=O)NN(C)C. The van der Waals surface area contributed by atoms with Crippen LogP contribution in [0.25, 0.3) is 0 Å². The summed E-state index contributed by atoms with van der Waals surface area (Å²) < 4.78 is 0.